The highest BCUT2D eigenvalue weighted by molar-refractivity contribution is 5.79. The molecule has 2 fully saturated rings. The van der Waals surface area contributed by atoms with Gasteiger partial charge in [0.15, 0.2) is 5.65 Å². The molecule has 4 rings (SSSR count). The van der Waals surface area contributed by atoms with Crippen molar-refractivity contribution in [1.82, 2.24) is 24.7 Å². The number of nitrogens with zero attached hydrogens (tertiary/aromatic N) is 6. The van der Waals surface area contributed by atoms with E-state index >= 15 is 0 Å². The topological polar surface area (TPSA) is 66.6 Å². The molecule has 2 aliphatic rings. The summed E-state index contributed by atoms with van der Waals surface area (Å²) < 4.78 is 1.69. The number of carbonyl (C=O) groups is 1. The van der Waals surface area contributed by atoms with Crippen LogP contribution in [0.2, 0.25) is 0 Å². The second-order valence-electron chi connectivity index (χ2n) is 6.12. The second kappa shape index (κ2) is 5.55. The monoisotopic (exact) mass is 300 g/mol. The maximum atomic E-state index is 12.5. The van der Waals surface area contributed by atoms with E-state index in [1.54, 1.807) is 10.8 Å². The minimum Gasteiger partial charge on any atom is -0.352 e. The number of piperazine rings is 1. The van der Waals surface area contributed by atoms with Crippen LogP contribution in [0, 0.1) is 5.92 Å². The summed E-state index contributed by atoms with van der Waals surface area (Å²) in [7, 11) is 0. The van der Waals surface area contributed by atoms with Crippen LogP contribution in [0.3, 0.4) is 0 Å². The predicted molar refractivity (Wildman–Crippen MR) is 81.5 cm³/mol. The van der Waals surface area contributed by atoms with Crippen LogP contribution in [0.15, 0.2) is 18.5 Å². The molecule has 3 heterocycles. The molecule has 2 aromatic rings. The van der Waals surface area contributed by atoms with Gasteiger partial charge in [0, 0.05) is 32.1 Å². The highest BCUT2D eigenvalue weighted by Crippen LogP contribution is 2.27. The zero-order valence-corrected chi connectivity index (χ0v) is 12.6. The molecule has 7 nitrogen and oxygen atoms in total. The summed E-state index contributed by atoms with van der Waals surface area (Å²) in [6, 6.07) is 3.89. The van der Waals surface area contributed by atoms with Gasteiger partial charge in [0.25, 0.3) is 0 Å². The van der Waals surface area contributed by atoms with Gasteiger partial charge in [-0.3, -0.25) is 4.79 Å². The largest absolute Gasteiger partial charge is 0.352 e. The smallest absolute Gasteiger partial charge is 0.225 e. The lowest BCUT2D eigenvalue weighted by atomic mass is 10.1. The molecule has 0 atom stereocenters. The molecule has 0 spiro atoms. The number of hydrogen-bond acceptors (Lipinski definition) is 5. The number of anilines is 1. The van der Waals surface area contributed by atoms with E-state index in [0.29, 0.717) is 5.91 Å². The van der Waals surface area contributed by atoms with Crippen molar-refractivity contribution >= 4 is 17.4 Å². The van der Waals surface area contributed by atoms with Crippen molar-refractivity contribution in [1.29, 1.82) is 0 Å². The molecule has 7 heteroatoms. The Morgan fingerprint density at radius 1 is 1.09 bits per heavy atom. The van der Waals surface area contributed by atoms with E-state index in [2.05, 4.69) is 20.2 Å². The molecule has 116 valence electrons. The van der Waals surface area contributed by atoms with E-state index in [1.807, 2.05) is 17.0 Å². The van der Waals surface area contributed by atoms with Gasteiger partial charge in [-0.15, -0.1) is 15.3 Å². The van der Waals surface area contributed by atoms with Crippen LogP contribution in [0.25, 0.3) is 5.65 Å². The molecular weight excluding hydrogens is 280 g/mol. The summed E-state index contributed by atoms with van der Waals surface area (Å²) >= 11 is 0. The lowest BCUT2D eigenvalue weighted by Crippen LogP contribution is -2.50. The Hall–Kier alpha value is -2.18. The van der Waals surface area contributed by atoms with E-state index in [-0.39, 0.29) is 5.92 Å². The van der Waals surface area contributed by atoms with Crippen LogP contribution in [0.5, 0.6) is 0 Å². The Bertz CT molecular complexity index is 669. The van der Waals surface area contributed by atoms with Crippen LogP contribution in [-0.4, -0.2) is 56.8 Å². The summed E-state index contributed by atoms with van der Waals surface area (Å²) in [4.78, 5) is 16.7. The van der Waals surface area contributed by atoms with Crippen molar-refractivity contribution in [2.45, 2.75) is 25.7 Å². The molecule has 0 unspecified atom stereocenters. The predicted octanol–water partition coefficient (Wildman–Crippen LogP) is 0.963. The van der Waals surface area contributed by atoms with Crippen molar-refractivity contribution in [2.75, 3.05) is 31.1 Å². The van der Waals surface area contributed by atoms with Crippen molar-refractivity contribution in [3.8, 4) is 0 Å². The van der Waals surface area contributed by atoms with Gasteiger partial charge in [-0.25, -0.2) is 0 Å². The maximum absolute atomic E-state index is 12.5. The van der Waals surface area contributed by atoms with Crippen molar-refractivity contribution < 1.29 is 4.79 Å². The van der Waals surface area contributed by atoms with E-state index in [9.17, 15) is 4.79 Å². The van der Waals surface area contributed by atoms with Gasteiger partial charge >= 0.3 is 0 Å². The summed E-state index contributed by atoms with van der Waals surface area (Å²) in [5.41, 5.74) is 0.749. The van der Waals surface area contributed by atoms with Crippen LogP contribution in [-0.2, 0) is 4.79 Å². The Labute approximate surface area is 128 Å². The number of hydrogen-bond donors (Lipinski definition) is 0. The average Bonchev–Trinajstić information content (AvgIpc) is 3.25. The van der Waals surface area contributed by atoms with E-state index in [1.165, 1.54) is 12.8 Å². The fourth-order valence-electron chi connectivity index (χ4n) is 3.47. The Morgan fingerprint density at radius 3 is 2.64 bits per heavy atom. The van der Waals surface area contributed by atoms with Crippen molar-refractivity contribution in [2.24, 2.45) is 5.92 Å². The van der Waals surface area contributed by atoms with Gasteiger partial charge in [-0.05, 0) is 25.0 Å². The molecule has 1 saturated heterocycles. The van der Waals surface area contributed by atoms with Crippen LogP contribution in [0.4, 0.5) is 5.82 Å². The maximum Gasteiger partial charge on any atom is 0.225 e. The van der Waals surface area contributed by atoms with E-state index < -0.39 is 0 Å². The van der Waals surface area contributed by atoms with Crippen LogP contribution < -0.4 is 4.90 Å². The Morgan fingerprint density at radius 2 is 1.86 bits per heavy atom. The Balaban J connectivity index is 1.41. The molecule has 1 aliphatic carbocycles. The lowest BCUT2D eigenvalue weighted by molar-refractivity contribution is -0.135. The van der Waals surface area contributed by atoms with E-state index in [4.69, 9.17) is 0 Å². The van der Waals surface area contributed by atoms with Crippen molar-refractivity contribution in [3.63, 3.8) is 0 Å². The summed E-state index contributed by atoms with van der Waals surface area (Å²) in [5.74, 6) is 1.55. The molecule has 1 aliphatic heterocycles. The zero-order chi connectivity index (χ0) is 14.9. The normalized spacial score (nSPS) is 20.0. The second-order valence-corrected chi connectivity index (χ2v) is 6.12. The summed E-state index contributed by atoms with van der Waals surface area (Å²) in [6.45, 7) is 3.24. The highest BCUT2D eigenvalue weighted by atomic mass is 16.2. The van der Waals surface area contributed by atoms with Gasteiger partial charge in [-0.1, -0.05) is 12.8 Å². The van der Waals surface area contributed by atoms with Gasteiger partial charge in [0.2, 0.25) is 5.91 Å². The van der Waals surface area contributed by atoms with Gasteiger partial charge < -0.3 is 9.80 Å². The molecule has 0 bridgehead atoms. The van der Waals surface area contributed by atoms with Crippen molar-refractivity contribution in [3.05, 3.63) is 18.5 Å². The van der Waals surface area contributed by atoms with Gasteiger partial charge in [0.1, 0.15) is 12.1 Å². The minimum atomic E-state index is 0.276. The first-order valence-corrected chi connectivity index (χ1v) is 8.02. The van der Waals surface area contributed by atoms with Crippen LogP contribution >= 0.6 is 0 Å². The average molecular weight is 300 g/mol. The number of aromatic nitrogens is 4. The quantitative estimate of drug-likeness (QED) is 0.826. The molecule has 22 heavy (non-hydrogen) atoms. The zero-order valence-electron chi connectivity index (χ0n) is 12.6. The standard InChI is InChI=1S/C15H20N6O/c22-15(12-3-1-2-4-12)20-9-7-19(8-10-20)14-6-5-13-17-16-11-21(13)18-14/h5-6,11-12H,1-4,7-10H2. The summed E-state index contributed by atoms with van der Waals surface area (Å²) in [5, 5.41) is 12.3. The number of rotatable bonds is 2. The van der Waals surface area contributed by atoms with E-state index in [0.717, 1.165) is 50.5 Å². The number of carbonyl (C=O) groups excluding carboxylic acids is 1. The lowest BCUT2D eigenvalue weighted by Gasteiger charge is -2.36. The first-order chi connectivity index (χ1) is 10.8. The number of fused-ring (bicyclic) bond motifs is 1. The third kappa shape index (κ3) is 2.40. The molecule has 0 aromatic carbocycles. The molecule has 1 amide bonds. The highest BCUT2D eigenvalue weighted by Gasteiger charge is 2.29. The SMILES string of the molecule is O=C(C1CCCC1)N1CCN(c2ccc3nncn3n2)CC1. The Kier molecular flexibility index (Phi) is 3.40. The summed E-state index contributed by atoms with van der Waals surface area (Å²) in [6.07, 6.45) is 6.17. The fourth-order valence-corrected chi connectivity index (χ4v) is 3.47. The first-order valence-electron chi connectivity index (χ1n) is 8.02. The minimum absolute atomic E-state index is 0.276. The number of amides is 1. The molecular formula is C15H20N6O. The van der Waals surface area contributed by atoms with Crippen LogP contribution in [0.1, 0.15) is 25.7 Å². The third-order valence-electron chi connectivity index (χ3n) is 4.77. The fraction of sp³-hybridized carbons (Fsp3) is 0.600. The molecule has 0 radical (unpaired) electrons. The molecule has 2 aromatic heterocycles. The van der Waals surface area contributed by atoms with Gasteiger partial charge in [0.05, 0.1) is 0 Å². The first kappa shape index (κ1) is 13.5. The molecule has 0 N–H and O–H groups in total. The van der Waals surface area contributed by atoms with Gasteiger partial charge in [-0.2, -0.15) is 4.52 Å². The third-order valence-corrected chi connectivity index (χ3v) is 4.77. The molecule has 1 saturated carbocycles.